The van der Waals surface area contributed by atoms with Crippen molar-refractivity contribution in [1.29, 1.82) is 0 Å². The highest BCUT2D eigenvalue weighted by Crippen LogP contribution is 2.30. The fourth-order valence-corrected chi connectivity index (χ4v) is 6.06. The predicted molar refractivity (Wildman–Crippen MR) is 153 cm³/mol. The molecule has 1 saturated heterocycles. The number of carbonyl (C=O) groups excluding carboxylic acids is 1. The van der Waals surface area contributed by atoms with Crippen molar-refractivity contribution < 1.29 is 18.3 Å². The molecule has 3 aromatic heterocycles. The van der Waals surface area contributed by atoms with E-state index in [-0.39, 0.29) is 23.8 Å². The van der Waals surface area contributed by atoms with Gasteiger partial charge in [0.25, 0.3) is 6.43 Å². The molecule has 0 spiro atoms. The van der Waals surface area contributed by atoms with Crippen molar-refractivity contribution in [2.75, 3.05) is 36.5 Å². The number of benzene rings is 1. The summed E-state index contributed by atoms with van der Waals surface area (Å²) >= 11 is 1.56. The molecule has 0 bridgehead atoms. The quantitative estimate of drug-likeness (QED) is 0.297. The predicted octanol–water partition coefficient (Wildman–Crippen LogP) is 4.52. The number of halogens is 2. The van der Waals surface area contributed by atoms with Crippen LogP contribution in [-0.2, 0) is 16.0 Å². The van der Waals surface area contributed by atoms with Crippen LogP contribution in [0.3, 0.4) is 0 Å². The van der Waals surface area contributed by atoms with Crippen LogP contribution < -0.4 is 15.5 Å². The Morgan fingerprint density at radius 2 is 1.85 bits per heavy atom. The zero-order chi connectivity index (χ0) is 28.2. The van der Waals surface area contributed by atoms with E-state index < -0.39 is 6.43 Å². The van der Waals surface area contributed by atoms with Crippen molar-refractivity contribution >= 4 is 40.0 Å². The third-order valence-electron chi connectivity index (χ3n) is 7.50. The summed E-state index contributed by atoms with van der Waals surface area (Å²) in [5.41, 5.74) is 1.04. The molecule has 2 aliphatic rings. The summed E-state index contributed by atoms with van der Waals surface area (Å²) in [4.78, 5) is 32.4. The maximum absolute atomic E-state index is 14.1. The van der Waals surface area contributed by atoms with Gasteiger partial charge in [-0.3, -0.25) is 9.36 Å². The van der Waals surface area contributed by atoms with Gasteiger partial charge < -0.3 is 20.3 Å². The van der Waals surface area contributed by atoms with Crippen LogP contribution in [0.5, 0.6) is 0 Å². The number of hydrogen-bond donors (Lipinski definition) is 2. The average molecular weight is 583 g/mol. The van der Waals surface area contributed by atoms with Crippen molar-refractivity contribution in [1.82, 2.24) is 29.8 Å². The fraction of sp³-hybridized carbons (Fsp3) is 0.464. The van der Waals surface area contributed by atoms with Gasteiger partial charge in [0.15, 0.2) is 5.82 Å². The van der Waals surface area contributed by atoms with Gasteiger partial charge >= 0.3 is 0 Å². The second-order valence-corrected chi connectivity index (χ2v) is 11.3. The number of aryl methyl sites for hydroxylation is 1. The molecular formula is C28H32F2N8O2S. The molecule has 6 rings (SSSR count). The van der Waals surface area contributed by atoms with Gasteiger partial charge in [-0.1, -0.05) is 12.1 Å². The molecule has 4 aromatic rings. The van der Waals surface area contributed by atoms with Crippen molar-refractivity contribution in [3.63, 3.8) is 0 Å². The smallest absolute Gasteiger partial charge is 0.296 e. The first kappa shape index (κ1) is 27.5. The van der Waals surface area contributed by atoms with E-state index in [9.17, 15) is 13.6 Å². The highest BCUT2D eigenvalue weighted by atomic mass is 32.1. The number of ether oxygens (including phenoxy) is 1. The number of fused-ring (bicyclic) bond motifs is 1. The minimum absolute atomic E-state index is 0.0506. The van der Waals surface area contributed by atoms with Gasteiger partial charge in [-0.05, 0) is 37.8 Å². The Balaban J connectivity index is 1.18. The summed E-state index contributed by atoms with van der Waals surface area (Å²) in [5.74, 6) is 1.08. The molecule has 1 aliphatic heterocycles. The molecule has 1 aliphatic carbocycles. The van der Waals surface area contributed by atoms with Crippen molar-refractivity contribution in [2.45, 2.75) is 57.0 Å². The molecule has 0 atom stereocenters. The molecule has 0 unspecified atom stereocenters. The van der Waals surface area contributed by atoms with E-state index in [0.717, 1.165) is 30.7 Å². The lowest BCUT2D eigenvalue weighted by Crippen LogP contribution is -2.40. The van der Waals surface area contributed by atoms with Crippen LogP contribution in [0.4, 0.5) is 20.5 Å². The molecule has 1 amide bonds. The van der Waals surface area contributed by atoms with Gasteiger partial charge in [-0.25, -0.2) is 18.7 Å². The van der Waals surface area contributed by atoms with Gasteiger partial charge in [0.05, 0.1) is 29.3 Å². The number of amides is 1. The lowest BCUT2D eigenvalue weighted by atomic mass is 9.91. The monoisotopic (exact) mass is 582 g/mol. The van der Waals surface area contributed by atoms with Gasteiger partial charge in [0.1, 0.15) is 11.6 Å². The normalized spacial score (nSPS) is 19.5. The fourth-order valence-electron chi connectivity index (χ4n) is 5.44. The molecule has 216 valence electrons. The minimum atomic E-state index is -2.77. The zero-order valence-electron chi connectivity index (χ0n) is 22.5. The van der Waals surface area contributed by atoms with Crippen LogP contribution in [0, 0.1) is 0 Å². The molecule has 1 aromatic carbocycles. The SMILES string of the molecule is O=C(CCc1nccs1)N[C@H]1CC[C@H](Nc2cc(-n3c(C(F)F)nc4ccccc43)nc(N3CCOCC3)n2)CC1. The number of rotatable bonds is 9. The standard InChI is InChI=1S/C28H32F2N8O2S/c29-26(30)27-34-20-3-1-2-4-21(20)38(27)23-17-22(35-28(36-23)37-12-14-40-15-13-37)32-18-5-7-19(8-6-18)33-24(39)9-10-25-31-11-16-41-25/h1-4,11,16-19,26H,5-10,12-15H2,(H,33,39)(H,32,35,36)/t18-,19-. The Morgan fingerprint density at radius 3 is 2.61 bits per heavy atom. The number of morpholine rings is 1. The Hall–Kier alpha value is -3.71. The maximum atomic E-state index is 14.1. The van der Waals surface area contributed by atoms with E-state index >= 15 is 0 Å². The molecule has 2 fully saturated rings. The van der Waals surface area contributed by atoms with E-state index in [1.807, 2.05) is 10.3 Å². The lowest BCUT2D eigenvalue weighted by Gasteiger charge is -2.31. The zero-order valence-corrected chi connectivity index (χ0v) is 23.3. The third kappa shape index (κ3) is 6.46. The number of imidazole rings is 1. The molecule has 4 heterocycles. The summed E-state index contributed by atoms with van der Waals surface area (Å²) in [7, 11) is 0. The highest BCUT2D eigenvalue weighted by Gasteiger charge is 2.26. The summed E-state index contributed by atoms with van der Waals surface area (Å²) in [6.45, 7) is 2.32. The summed E-state index contributed by atoms with van der Waals surface area (Å²) in [5, 5.41) is 9.58. The van der Waals surface area contributed by atoms with E-state index in [1.54, 1.807) is 47.9 Å². The van der Waals surface area contributed by atoms with Crippen molar-refractivity contribution in [3.05, 3.63) is 52.7 Å². The number of nitrogens with zero attached hydrogens (tertiary/aromatic N) is 6. The Labute approximate surface area is 240 Å². The van der Waals surface area contributed by atoms with Gasteiger partial charge in [0.2, 0.25) is 11.9 Å². The van der Waals surface area contributed by atoms with E-state index in [0.29, 0.717) is 67.8 Å². The van der Waals surface area contributed by atoms with E-state index in [2.05, 4.69) is 20.6 Å². The molecule has 0 radical (unpaired) electrons. The number of thiazole rings is 1. The summed E-state index contributed by atoms with van der Waals surface area (Å²) in [6, 6.07) is 9.05. The Bertz CT molecular complexity index is 1470. The number of anilines is 2. The molecule has 13 heteroatoms. The second-order valence-electron chi connectivity index (χ2n) is 10.3. The van der Waals surface area contributed by atoms with Crippen LogP contribution in [0.2, 0.25) is 0 Å². The third-order valence-corrected chi connectivity index (χ3v) is 8.34. The van der Waals surface area contributed by atoms with Crippen molar-refractivity contribution in [2.24, 2.45) is 0 Å². The first-order valence-electron chi connectivity index (χ1n) is 14.0. The van der Waals surface area contributed by atoms with Crippen LogP contribution >= 0.6 is 11.3 Å². The molecule has 41 heavy (non-hydrogen) atoms. The van der Waals surface area contributed by atoms with E-state index in [1.165, 1.54) is 4.57 Å². The first-order chi connectivity index (χ1) is 20.0. The Morgan fingerprint density at radius 1 is 1.07 bits per heavy atom. The average Bonchev–Trinajstić information content (AvgIpc) is 3.66. The van der Waals surface area contributed by atoms with E-state index in [4.69, 9.17) is 14.7 Å². The highest BCUT2D eigenvalue weighted by molar-refractivity contribution is 7.09. The summed E-state index contributed by atoms with van der Waals surface area (Å²) < 4.78 is 35.2. The molecular weight excluding hydrogens is 550 g/mol. The Kier molecular flexibility index (Phi) is 8.33. The van der Waals surface area contributed by atoms with Crippen LogP contribution in [0.1, 0.15) is 49.4 Å². The van der Waals surface area contributed by atoms with Crippen LogP contribution in [0.25, 0.3) is 16.9 Å². The molecule has 2 N–H and O–H groups in total. The second kappa shape index (κ2) is 12.4. The van der Waals surface area contributed by atoms with Gasteiger partial charge in [-0.2, -0.15) is 9.97 Å². The minimum Gasteiger partial charge on any atom is -0.378 e. The number of aromatic nitrogens is 5. The number of para-hydroxylation sites is 2. The number of carbonyl (C=O) groups is 1. The first-order valence-corrected chi connectivity index (χ1v) is 14.8. The maximum Gasteiger partial charge on any atom is 0.296 e. The molecule has 1 saturated carbocycles. The van der Waals surface area contributed by atoms with Crippen LogP contribution in [0.15, 0.2) is 41.9 Å². The largest absolute Gasteiger partial charge is 0.378 e. The van der Waals surface area contributed by atoms with Gasteiger partial charge in [-0.15, -0.1) is 11.3 Å². The van der Waals surface area contributed by atoms with Gasteiger partial charge in [0, 0.05) is 55.7 Å². The number of hydrogen-bond acceptors (Lipinski definition) is 9. The lowest BCUT2D eigenvalue weighted by molar-refractivity contribution is -0.122. The molecule has 10 nitrogen and oxygen atoms in total. The number of alkyl halides is 2. The number of nitrogens with one attached hydrogen (secondary N) is 2. The van der Waals surface area contributed by atoms with Crippen molar-refractivity contribution in [3.8, 4) is 5.82 Å². The summed E-state index contributed by atoms with van der Waals surface area (Å²) in [6.07, 6.45) is 3.46. The van der Waals surface area contributed by atoms with Crippen LogP contribution in [-0.4, -0.2) is 68.8 Å². The topological polar surface area (TPSA) is 110 Å².